The van der Waals surface area contributed by atoms with Crippen molar-refractivity contribution in [3.05, 3.63) is 0 Å². The molecule has 0 aliphatic rings. The van der Waals surface area contributed by atoms with Crippen LogP contribution in [0.3, 0.4) is 0 Å². The fourth-order valence-electron chi connectivity index (χ4n) is 1.34. The van der Waals surface area contributed by atoms with Crippen molar-refractivity contribution in [3.63, 3.8) is 0 Å². The molecule has 0 amide bonds. The van der Waals surface area contributed by atoms with Gasteiger partial charge in [-0.05, 0) is 19.3 Å². The molecule has 0 aromatic rings. The molecule has 2 N–H and O–H groups in total. The number of unbranched alkanes of at least 4 members (excludes halogenated alkanes) is 3. The van der Waals surface area contributed by atoms with Crippen molar-refractivity contribution in [2.75, 3.05) is 13.6 Å². The maximum absolute atomic E-state index is 4.22. The van der Waals surface area contributed by atoms with Crippen molar-refractivity contribution < 1.29 is 0 Å². The molecular formula is C13H29N3. The average molecular weight is 227 g/mol. The van der Waals surface area contributed by atoms with Gasteiger partial charge in [0.15, 0.2) is 5.96 Å². The third-order valence-corrected chi connectivity index (χ3v) is 2.91. The summed E-state index contributed by atoms with van der Waals surface area (Å²) in [5, 5.41) is 6.75. The molecule has 3 nitrogen and oxygen atoms in total. The Balaban J connectivity index is 3.68. The highest BCUT2D eigenvalue weighted by molar-refractivity contribution is 5.79. The van der Waals surface area contributed by atoms with E-state index >= 15 is 0 Å². The summed E-state index contributed by atoms with van der Waals surface area (Å²) >= 11 is 0. The molecule has 1 unspecified atom stereocenters. The fourth-order valence-corrected chi connectivity index (χ4v) is 1.34. The van der Waals surface area contributed by atoms with Gasteiger partial charge in [0.2, 0.25) is 0 Å². The molecule has 0 aromatic heterocycles. The lowest BCUT2D eigenvalue weighted by molar-refractivity contribution is 0.480. The predicted molar refractivity (Wildman–Crippen MR) is 72.9 cm³/mol. The van der Waals surface area contributed by atoms with Gasteiger partial charge in [0.1, 0.15) is 0 Å². The van der Waals surface area contributed by atoms with Gasteiger partial charge < -0.3 is 10.6 Å². The van der Waals surface area contributed by atoms with Crippen LogP contribution in [0.25, 0.3) is 0 Å². The third kappa shape index (κ3) is 7.55. The van der Waals surface area contributed by atoms with Crippen molar-refractivity contribution in [2.45, 2.75) is 59.4 Å². The van der Waals surface area contributed by atoms with Crippen LogP contribution in [0.1, 0.15) is 53.4 Å². The van der Waals surface area contributed by atoms with E-state index in [4.69, 9.17) is 0 Å². The van der Waals surface area contributed by atoms with Crippen molar-refractivity contribution >= 4 is 5.96 Å². The normalized spacial score (nSPS) is 14.0. The van der Waals surface area contributed by atoms with Gasteiger partial charge in [0.05, 0.1) is 0 Å². The SMILES string of the molecule is CCCCCCNC(=NC)NC(C)C(C)C. The number of hydrogen-bond donors (Lipinski definition) is 2. The van der Waals surface area contributed by atoms with Crippen LogP contribution in [-0.4, -0.2) is 25.6 Å². The highest BCUT2D eigenvalue weighted by Gasteiger charge is 2.07. The van der Waals surface area contributed by atoms with E-state index in [1.165, 1.54) is 25.7 Å². The minimum atomic E-state index is 0.460. The van der Waals surface area contributed by atoms with Crippen LogP contribution in [0.5, 0.6) is 0 Å². The lowest BCUT2D eigenvalue weighted by Crippen LogP contribution is -2.44. The number of rotatable bonds is 7. The maximum Gasteiger partial charge on any atom is 0.191 e. The molecule has 0 aliphatic heterocycles. The smallest absolute Gasteiger partial charge is 0.191 e. The second-order valence-electron chi connectivity index (χ2n) is 4.74. The zero-order valence-corrected chi connectivity index (χ0v) is 11.6. The quantitative estimate of drug-likeness (QED) is 0.398. The highest BCUT2D eigenvalue weighted by Crippen LogP contribution is 1.99. The third-order valence-electron chi connectivity index (χ3n) is 2.91. The van der Waals surface area contributed by atoms with Gasteiger partial charge in [-0.1, -0.05) is 40.0 Å². The molecule has 96 valence electrons. The Morgan fingerprint density at radius 1 is 1.12 bits per heavy atom. The van der Waals surface area contributed by atoms with Gasteiger partial charge in [0, 0.05) is 19.6 Å². The standard InChI is InChI=1S/C13H29N3/c1-6-7-8-9-10-15-13(14-5)16-12(4)11(2)3/h11-12H,6-10H2,1-5H3,(H2,14,15,16). The van der Waals surface area contributed by atoms with Crippen LogP contribution in [0.15, 0.2) is 4.99 Å². The second kappa shape index (κ2) is 9.49. The second-order valence-corrected chi connectivity index (χ2v) is 4.74. The Bertz CT molecular complexity index is 188. The zero-order chi connectivity index (χ0) is 12.4. The predicted octanol–water partition coefficient (Wildman–Crippen LogP) is 2.78. The number of hydrogen-bond acceptors (Lipinski definition) is 1. The molecule has 0 saturated heterocycles. The monoisotopic (exact) mass is 227 g/mol. The summed E-state index contributed by atoms with van der Waals surface area (Å²) in [4.78, 5) is 4.22. The summed E-state index contributed by atoms with van der Waals surface area (Å²) in [6.07, 6.45) is 5.15. The number of nitrogens with one attached hydrogen (secondary N) is 2. The van der Waals surface area contributed by atoms with E-state index in [0.717, 1.165) is 12.5 Å². The molecule has 16 heavy (non-hydrogen) atoms. The van der Waals surface area contributed by atoms with Crippen molar-refractivity contribution in [2.24, 2.45) is 10.9 Å². The van der Waals surface area contributed by atoms with Crippen LogP contribution in [0.2, 0.25) is 0 Å². The van der Waals surface area contributed by atoms with Gasteiger partial charge in [-0.3, -0.25) is 4.99 Å². The number of guanidine groups is 1. The first-order valence-electron chi connectivity index (χ1n) is 6.59. The zero-order valence-electron chi connectivity index (χ0n) is 11.6. The molecule has 0 radical (unpaired) electrons. The Kier molecular flexibility index (Phi) is 9.06. The van der Waals surface area contributed by atoms with Crippen molar-refractivity contribution in [1.82, 2.24) is 10.6 Å². The molecule has 3 heteroatoms. The minimum absolute atomic E-state index is 0.460. The topological polar surface area (TPSA) is 36.4 Å². The molecule has 0 bridgehead atoms. The van der Waals surface area contributed by atoms with E-state index < -0.39 is 0 Å². The fraction of sp³-hybridized carbons (Fsp3) is 0.923. The Morgan fingerprint density at radius 2 is 1.81 bits per heavy atom. The summed E-state index contributed by atoms with van der Waals surface area (Å²) in [6.45, 7) is 9.87. The summed E-state index contributed by atoms with van der Waals surface area (Å²) in [5.74, 6) is 1.55. The summed E-state index contributed by atoms with van der Waals surface area (Å²) in [7, 11) is 1.83. The largest absolute Gasteiger partial charge is 0.356 e. The van der Waals surface area contributed by atoms with Crippen LogP contribution < -0.4 is 10.6 Å². The van der Waals surface area contributed by atoms with E-state index in [9.17, 15) is 0 Å². The lowest BCUT2D eigenvalue weighted by atomic mass is 10.1. The van der Waals surface area contributed by atoms with Gasteiger partial charge in [0.25, 0.3) is 0 Å². The number of aliphatic imine (C=N–C) groups is 1. The van der Waals surface area contributed by atoms with Gasteiger partial charge in [-0.25, -0.2) is 0 Å². The molecule has 0 saturated carbocycles. The molecule has 0 spiro atoms. The average Bonchev–Trinajstić information content (AvgIpc) is 2.26. The molecule has 0 fully saturated rings. The first-order valence-corrected chi connectivity index (χ1v) is 6.59. The van der Waals surface area contributed by atoms with Gasteiger partial charge >= 0.3 is 0 Å². The van der Waals surface area contributed by atoms with Crippen LogP contribution in [-0.2, 0) is 0 Å². The van der Waals surface area contributed by atoms with Crippen molar-refractivity contribution in [1.29, 1.82) is 0 Å². The molecule has 0 aliphatic carbocycles. The molecule has 1 atom stereocenters. The van der Waals surface area contributed by atoms with E-state index in [-0.39, 0.29) is 0 Å². The van der Waals surface area contributed by atoms with E-state index in [1.54, 1.807) is 0 Å². The Hall–Kier alpha value is -0.730. The van der Waals surface area contributed by atoms with E-state index in [2.05, 4.69) is 43.3 Å². The Labute approximate surface area is 101 Å². The summed E-state index contributed by atoms with van der Waals surface area (Å²) in [5.41, 5.74) is 0. The highest BCUT2D eigenvalue weighted by atomic mass is 15.2. The van der Waals surface area contributed by atoms with Gasteiger partial charge in [-0.15, -0.1) is 0 Å². The molecule has 0 rings (SSSR count). The van der Waals surface area contributed by atoms with E-state index in [1.807, 2.05) is 7.05 Å². The molecule has 0 heterocycles. The maximum atomic E-state index is 4.22. The van der Waals surface area contributed by atoms with Crippen LogP contribution in [0.4, 0.5) is 0 Å². The minimum Gasteiger partial charge on any atom is -0.356 e. The lowest BCUT2D eigenvalue weighted by Gasteiger charge is -2.20. The first kappa shape index (κ1) is 15.3. The molecule has 0 aromatic carbocycles. The first-order chi connectivity index (χ1) is 7.61. The Morgan fingerprint density at radius 3 is 2.31 bits per heavy atom. The summed E-state index contributed by atoms with van der Waals surface area (Å²) < 4.78 is 0. The van der Waals surface area contributed by atoms with Crippen molar-refractivity contribution in [3.8, 4) is 0 Å². The summed E-state index contributed by atoms with van der Waals surface area (Å²) in [6, 6.07) is 0.460. The van der Waals surface area contributed by atoms with E-state index in [0.29, 0.717) is 12.0 Å². The molecular weight excluding hydrogens is 198 g/mol. The number of nitrogens with zero attached hydrogens (tertiary/aromatic N) is 1. The van der Waals surface area contributed by atoms with Crippen LogP contribution in [0, 0.1) is 5.92 Å². The van der Waals surface area contributed by atoms with Gasteiger partial charge in [-0.2, -0.15) is 0 Å². The van der Waals surface area contributed by atoms with Crippen LogP contribution >= 0.6 is 0 Å².